The lowest BCUT2D eigenvalue weighted by Crippen LogP contribution is -2.49. The van der Waals surface area contributed by atoms with E-state index in [-0.39, 0.29) is 11.0 Å². The van der Waals surface area contributed by atoms with Crippen LogP contribution in [0.4, 0.5) is 0 Å². The van der Waals surface area contributed by atoms with E-state index in [9.17, 15) is 0 Å². The Labute approximate surface area is 209 Å². The summed E-state index contributed by atoms with van der Waals surface area (Å²) in [6.07, 6.45) is 12.0. The van der Waals surface area contributed by atoms with E-state index in [4.69, 9.17) is 37.2 Å². The largest absolute Gasteiger partial charge is 0.463 e. The third kappa shape index (κ3) is 4.21. The fourth-order valence-electron chi connectivity index (χ4n) is 5.51. The molecule has 34 heavy (non-hydrogen) atoms. The molecule has 178 valence electrons. The van der Waals surface area contributed by atoms with Crippen molar-refractivity contribution < 1.29 is 14.0 Å². The summed E-state index contributed by atoms with van der Waals surface area (Å²) in [5, 5.41) is 5.55. The Bertz CT molecular complexity index is 1130. The summed E-state index contributed by atoms with van der Waals surface area (Å²) in [5.41, 5.74) is 2.52. The summed E-state index contributed by atoms with van der Waals surface area (Å²) in [6, 6.07) is 7.77. The summed E-state index contributed by atoms with van der Waals surface area (Å²) in [7, 11) is 0. The molecule has 0 N–H and O–H groups in total. The zero-order chi connectivity index (χ0) is 23.2. The van der Waals surface area contributed by atoms with E-state index < -0.39 is 0 Å². The van der Waals surface area contributed by atoms with Crippen LogP contribution in [0.2, 0.25) is 10.0 Å². The summed E-state index contributed by atoms with van der Waals surface area (Å²) in [6.45, 7) is 1.13. The number of ether oxygens (including phenoxy) is 2. The molecule has 0 amide bonds. The van der Waals surface area contributed by atoms with Crippen molar-refractivity contribution in [3.8, 4) is 17.3 Å². The number of nitrogens with zero attached hydrogens (tertiary/aromatic N) is 3. The molecule has 2 heterocycles. The van der Waals surface area contributed by atoms with Gasteiger partial charge >= 0.3 is 6.01 Å². The number of fused-ring (bicyclic) bond motifs is 3. The van der Waals surface area contributed by atoms with Crippen LogP contribution < -0.4 is 4.74 Å². The molecular formula is C26H27Cl2N3O3. The van der Waals surface area contributed by atoms with Crippen molar-refractivity contribution in [1.82, 2.24) is 15.1 Å². The zero-order valence-electron chi connectivity index (χ0n) is 18.9. The molecule has 0 radical (unpaired) electrons. The zero-order valence-corrected chi connectivity index (χ0v) is 20.4. The van der Waals surface area contributed by atoms with Gasteiger partial charge in [0.05, 0.1) is 28.9 Å². The third-order valence-electron chi connectivity index (χ3n) is 7.87. The van der Waals surface area contributed by atoms with Crippen molar-refractivity contribution in [1.29, 1.82) is 0 Å². The molecule has 2 aromatic heterocycles. The predicted octanol–water partition coefficient (Wildman–Crippen LogP) is 7.00. The van der Waals surface area contributed by atoms with Gasteiger partial charge in [0.2, 0.25) is 0 Å². The molecule has 4 fully saturated rings. The van der Waals surface area contributed by atoms with E-state index in [1.807, 2.05) is 18.2 Å². The highest BCUT2D eigenvalue weighted by Gasteiger charge is 2.50. The van der Waals surface area contributed by atoms with Crippen molar-refractivity contribution in [3.63, 3.8) is 0 Å². The van der Waals surface area contributed by atoms with Crippen molar-refractivity contribution >= 4 is 23.2 Å². The lowest BCUT2D eigenvalue weighted by atomic mass is 9.59. The van der Waals surface area contributed by atoms with Crippen LogP contribution in [0.3, 0.4) is 0 Å². The first-order valence-corrected chi connectivity index (χ1v) is 12.8. The van der Waals surface area contributed by atoms with E-state index in [1.165, 1.54) is 0 Å². The minimum absolute atomic E-state index is 0.107. The minimum Gasteiger partial charge on any atom is -0.463 e. The molecule has 7 rings (SSSR count). The first-order valence-electron chi connectivity index (χ1n) is 12.0. The third-order valence-corrected chi connectivity index (χ3v) is 8.50. The van der Waals surface area contributed by atoms with Crippen LogP contribution >= 0.6 is 23.2 Å². The Kier molecular flexibility index (Phi) is 5.79. The molecule has 0 aliphatic heterocycles. The van der Waals surface area contributed by atoms with E-state index in [2.05, 4.69) is 15.1 Å². The van der Waals surface area contributed by atoms with Crippen LogP contribution in [0.15, 0.2) is 41.2 Å². The van der Waals surface area contributed by atoms with Gasteiger partial charge in [-0.3, -0.25) is 0 Å². The van der Waals surface area contributed by atoms with Crippen molar-refractivity contribution in [3.05, 3.63) is 58.0 Å². The predicted molar refractivity (Wildman–Crippen MR) is 129 cm³/mol. The van der Waals surface area contributed by atoms with Gasteiger partial charge in [0.1, 0.15) is 11.5 Å². The molecule has 2 bridgehead atoms. The Hall–Kier alpha value is -2.15. The number of hydrogen-bond donors (Lipinski definition) is 0. The summed E-state index contributed by atoms with van der Waals surface area (Å²) >= 11 is 13.0. The second kappa shape index (κ2) is 8.81. The highest BCUT2D eigenvalue weighted by molar-refractivity contribution is 6.39. The first-order chi connectivity index (χ1) is 16.6. The molecule has 4 aliphatic carbocycles. The quantitative estimate of drug-likeness (QED) is 0.332. The molecule has 0 spiro atoms. The molecule has 4 saturated carbocycles. The van der Waals surface area contributed by atoms with Gasteiger partial charge in [0, 0.05) is 34.9 Å². The van der Waals surface area contributed by atoms with Crippen molar-refractivity contribution in [2.24, 2.45) is 5.41 Å². The van der Waals surface area contributed by atoms with Gasteiger partial charge in [-0.1, -0.05) is 34.4 Å². The number of rotatable bonds is 8. The SMILES string of the molecule is Clc1cccc(Cl)c1-c1noc(C2CC2)c1COC12CCC(COc3ncccn3)(CC1)CC2. The molecular weight excluding hydrogens is 473 g/mol. The van der Waals surface area contributed by atoms with E-state index in [0.29, 0.717) is 40.9 Å². The maximum atomic E-state index is 6.72. The van der Waals surface area contributed by atoms with Gasteiger partial charge in [-0.15, -0.1) is 0 Å². The molecule has 6 nitrogen and oxygen atoms in total. The van der Waals surface area contributed by atoms with Crippen LogP contribution in [0.25, 0.3) is 11.3 Å². The maximum absolute atomic E-state index is 6.72. The Morgan fingerprint density at radius 3 is 2.26 bits per heavy atom. The molecule has 0 unspecified atom stereocenters. The summed E-state index contributed by atoms with van der Waals surface area (Å²) in [5.74, 6) is 1.35. The van der Waals surface area contributed by atoms with Gasteiger partial charge in [0.25, 0.3) is 0 Å². The first kappa shape index (κ1) is 22.3. The van der Waals surface area contributed by atoms with Crippen LogP contribution in [0.5, 0.6) is 6.01 Å². The highest BCUT2D eigenvalue weighted by Crippen LogP contribution is 2.55. The lowest BCUT2D eigenvalue weighted by molar-refractivity contribution is -0.150. The Balaban J connectivity index is 1.17. The van der Waals surface area contributed by atoms with Gasteiger partial charge in [-0.05, 0) is 69.6 Å². The van der Waals surface area contributed by atoms with Crippen LogP contribution in [-0.2, 0) is 11.3 Å². The normalized spacial score (nSPS) is 26.1. The number of benzene rings is 1. The van der Waals surface area contributed by atoms with Gasteiger partial charge < -0.3 is 14.0 Å². The molecule has 1 aromatic carbocycles. The van der Waals surface area contributed by atoms with Crippen LogP contribution in [0, 0.1) is 5.41 Å². The smallest absolute Gasteiger partial charge is 0.316 e. The van der Waals surface area contributed by atoms with Gasteiger partial charge in [-0.25, -0.2) is 9.97 Å². The van der Waals surface area contributed by atoms with Gasteiger partial charge in [0.15, 0.2) is 0 Å². The highest BCUT2D eigenvalue weighted by atomic mass is 35.5. The van der Waals surface area contributed by atoms with Gasteiger partial charge in [-0.2, -0.15) is 0 Å². The topological polar surface area (TPSA) is 70.3 Å². The molecule has 0 atom stereocenters. The standard InChI is InChI=1S/C26H27Cl2N3O3/c27-19-3-1-4-20(28)21(19)22-18(23(34-31-22)17-5-6-17)15-33-26-10-7-25(8-11-26,9-12-26)16-32-24-29-13-2-14-30-24/h1-4,13-14,17H,5-12,15-16H2. The number of aromatic nitrogens is 3. The van der Waals surface area contributed by atoms with E-state index >= 15 is 0 Å². The van der Waals surface area contributed by atoms with Crippen molar-refractivity contribution in [2.45, 2.75) is 69.5 Å². The monoisotopic (exact) mass is 499 g/mol. The van der Waals surface area contributed by atoms with E-state index in [0.717, 1.165) is 68.3 Å². The van der Waals surface area contributed by atoms with Crippen molar-refractivity contribution in [2.75, 3.05) is 6.61 Å². The molecule has 3 aromatic rings. The maximum Gasteiger partial charge on any atom is 0.316 e. The number of hydrogen-bond acceptors (Lipinski definition) is 6. The number of halogens is 2. The lowest BCUT2D eigenvalue weighted by Gasteiger charge is -2.52. The molecule has 8 heteroatoms. The minimum atomic E-state index is -0.107. The summed E-state index contributed by atoms with van der Waals surface area (Å²) < 4.78 is 18.5. The van der Waals surface area contributed by atoms with Crippen LogP contribution in [0.1, 0.15) is 68.6 Å². The second-order valence-electron chi connectivity index (χ2n) is 10.0. The average Bonchev–Trinajstić information content (AvgIpc) is 3.64. The summed E-state index contributed by atoms with van der Waals surface area (Å²) in [4.78, 5) is 8.39. The average molecular weight is 500 g/mol. The molecule has 4 aliphatic rings. The Morgan fingerprint density at radius 1 is 0.941 bits per heavy atom. The second-order valence-corrected chi connectivity index (χ2v) is 10.9. The fourth-order valence-corrected chi connectivity index (χ4v) is 6.09. The van der Waals surface area contributed by atoms with E-state index in [1.54, 1.807) is 18.5 Å². The van der Waals surface area contributed by atoms with Crippen LogP contribution in [-0.4, -0.2) is 27.3 Å². The molecule has 0 saturated heterocycles. The Morgan fingerprint density at radius 2 is 1.62 bits per heavy atom. The fraction of sp³-hybridized carbons (Fsp3) is 0.500.